The second-order valence-electron chi connectivity index (χ2n) is 1.83. The van der Waals surface area contributed by atoms with E-state index in [1.807, 2.05) is 0 Å². The Morgan fingerprint density at radius 1 is 1.70 bits per heavy atom. The number of hydrogen-bond acceptors (Lipinski definition) is 2. The number of hydrogen-bond donors (Lipinski definition) is 2. The predicted molar refractivity (Wildman–Crippen MR) is 34.7 cm³/mol. The number of carbonyl (C=O) groups excluding carboxylic acids is 2. The molecule has 1 aromatic heterocycles. The molecular weight excluding hydrogens is 132 g/mol. The van der Waals surface area contributed by atoms with Crippen LogP contribution < -0.4 is 5.73 Å². The molecule has 0 aliphatic carbocycles. The van der Waals surface area contributed by atoms with Crippen molar-refractivity contribution in [3.05, 3.63) is 23.5 Å². The Kier molecular flexibility index (Phi) is 1.53. The molecule has 0 saturated carbocycles. The van der Waals surface area contributed by atoms with Crippen molar-refractivity contribution in [3.8, 4) is 0 Å². The highest BCUT2D eigenvalue weighted by Crippen LogP contribution is 1.98. The minimum absolute atomic E-state index is 0.321. The van der Waals surface area contributed by atoms with Gasteiger partial charge in [-0.05, 0) is 6.07 Å². The third kappa shape index (κ3) is 1.05. The maximum atomic E-state index is 10.4. The smallest absolute Gasteiger partial charge is 0.250 e. The molecule has 0 aromatic carbocycles. The van der Waals surface area contributed by atoms with E-state index in [-0.39, 0.29) is 0 Å². The van der Waals surface area contributed by atoms with Gasteiger partial charge in [-0.25, -0.2) is 0 Å². The van der Waals surface area contributed by atoms with Gasteiger partial charge >= 0.3 is 0 Å². The minimum Gasteiger partial charge on any atom is -0.366 e. The van der Waals surface area contributed by atoms with E-state index < -0.39 is 5.91 Å². The van der Waals surface area contributed by atoms with Gasteiger partial charge in [-0.3, -0.25) is 9.59 Å². The maximum Gasteiger partial charge on any atom is 0.250 e. The second-order valence-corrected chi connectivity index (χ2v) is 1.83. The SMILES string of the molecule is NC(=O)c1c[nH]c(C=O)c1. The lowest BCUT2D eigenvalue weighted by Crippen LogP contribution is -2.09. The van der Waals surface area contributed by atoms with E-state index in [0.29, 0.717) is 17.5 Å². The number of aldehydes is 1. The molecule has 0 fully saturated rings. The zero-order valence-electron chi connectivity index (χ0n) is 5.13. The minimum atomic E-state index is -0.538. The molecule has 10 heavy (non-hydrogen) atoms. The van der Waals surface area contributed by atoms with E-state index >= 15 is 0 Å². The number of rotatable bonds is 2. The summed E-state index contributed by atoms with van der Waals surface area (Å²) in [6.07, 6.45) is 2.01. The van der Waals surface area contributed by atoms with Crippen LogP contribution in [-0.2, 0) is 0 Å². The topological polar surface area (TPSA) is 76.0 Å². The Bertz CT molecular complexity index is 264. The summed E-state index contributed by atoms with van der Waals surface area (Å²) in [4.78, 5) is 23.0. The van der Waals surface area contributed by atoms with Gasteiger partial charge in [-0.2, -0.15) is 0 Å². The van der Waals surface area contributed by atoms with Crippen LogP contribution in [0.5, 0.6) is 0 Å². The molecule has 1 rings (SSSR count). The number of aromatic nitrogens is 1. The Balaban J connectivity index is 2.98. The van der Waals surface area contributed by atoms with Crippen molar-refractivity contribution < 1.29 is 9.59 Å². The van der Waals surface area contributed by atoms with E-state index in [1.165, 1.54) is 12.3 Å². The van der Waals surface area contributed by atoms with Gasteiger partial charge in [0.2, 0.25) is 5.91 Å². The van der Waals surface area contributed by atoms with Crippen molar-refractivity contribution in [3.63, 3.8) is 0 Å². The van der Waals surface area contributed by atoms with Crippen LogP contribution in [0.15, 0.2) is 12.3 Å². The molecule has 0 aliphatic heterocycles. The molecule has 0 unspecified atom stereocenters. The van der Waals surface area contributed by atoms with E-state index in [0.717, 1.165) is 0 Å². The zero-order chi connectivity index (χ0) is 7.56. The quantitative estimate of drug-likeness (QED) is 0.561. The van der Waals surface area contributed by atoms with E-state index in [9.17, 15) is 9.59 Å². The summed E-state index contributed by atoms with van der Waals surface area (Å²) in [7, 11) is 0. The highest BCUT2D eigenvalue weighted by molar-refractivity contribution is 5.94. The van der Waals surface area contributed by atoms with Gasteiger partial charge in [0.25, 0.3) is 0 Å². The van der Waals surface area contributed by atoms with Gasteiger partial charge < -0.3 is 10.7 Å². The van der Waals surface area contributed by atoms with Gasteiger partial charge in [0.15, 0.2) is 6.29 Å². The monoisotopic (exact) mass is 138 g/mol. The highest BCUT2D eigenvalue weighted by Gasteiger charge is 2.01. The largest absolute Gasteiger partial charge is 0.366 e. The molecule has 1 amide bonds. The molecule has 0 aliphatic rings. The van der Waals surface area contributed by atoms with Gasteiger partial charge in [-0.15, -0.1) is 0 Å². The van der Waals surface area contributed by atoms with Crippen molar-refractivity contribution in [2.24, 2.45) is 5.73 Å². The molecule has 0 bridgehead atoms. The summed E-state index contributed by atoms with van der Waals surface area (Å²) >= 11 is 0. The Hall–Kier alpha value is -1.58. The summed E-state index contributed by atoms with van der Waals surface area (Å²) < 4.78 is 0. The molecule has 1 aromatic rings. The summed E-state index contributed by atoms with van der Waals surface area (Å²) in [5, 5.41) is 0. The lowest BCUT2D eigenvalue weighted by atomic mass is 10.3. The molecule has 52 valence electrons. The van der Waals surface area contributed by atoms with E-state index in [1.54, 1.807) is 0 Å². The fourth-order valence-electron chi connectivity index (χ4n) is 0.622. The number of primary amides is 1. The van der Waals surface area contributed by atoms with Crippen LogP contribution in [0.4, 0.5) is 0 Å². The van der Waals surface area contributed by atoms with Gasteiger partial charge in [0.05, 0.1) is 11.3 Å². The first-order chi connectivity index (χ1) is 4.74. The van der Waals surface area contributed by atoms with Gasteiger partial charge in [-0.1, -0.05) is 0 Å². The molecule has 4 heteroatoms. The van der Waals surface area contributed by atoms with Crippen molar-refractivity contribution >= 4 is 12.2 Å². The second kappa shape index (κ2) is 2.34. The van der Waals surface area contributed by atoms with Crippen molar-refractivity contribution in [1.29, 1.82) is 0 Å². The fourth-order valence-corrected chi connectivity index (χ4v) is 0.622. The molecular formula is C6H6N2O2. The van der Waals surface area contributed by atoms with Crippen LogP contribution in [0.1, 0.15) is 20.8 Å². The standard InChI is InChI=1S/C6H6N2O2/c7-6(10)4-1-5(3-9)8-2-4/h1-3,8H,(H2,7,10). The predicted octanol–water partition coefficient (Wildman–Crippen LogP) is -0.0739. The number of H-pyrrole nitrogens is 1. The highest BCUT2D eigenvalue weighted by atomic mass is 16.1. The number of nitrogens with one attached hydrogen (secondary N) is 1. The third-order valence-electron chi connectivity index (χ3n) is 1.12. The molecule has 0 radical (unpaired) electrons. The molecule has 0 saturated heterocycles. The third-order valence-corrected chi connectivity index (χ3v) is 1.12. The van der Waals surface area contributed by atoms with Crippen LogP contribution in [0.2, 0.25) is 0 Å². The average molecular weight is 138 g/mol. The van der Waals surface area contributed by atoms with Gasteiger partial charge in [0.1, 0.15) is 0 Å². The number of aromatic amines is 1. The normalized spacial score (nSPS) is 9.20. The first kappa shape index (κ1) is 6.54. The summed E-state index contributed by atoms with van der Waals surface area (Å²) in [6.45, 7) is 0. The van der Waals surface area contributed by atoms with Crippen LogP contribution in [0.3, 0.4) is 0 Å². The first-order valence-electron chi connectivity index (χ1n) is 2.67. The Morgan fingerprint density at radius 2 is 2.40 bits per heavy atom. The Labute approximate surface area is 57.0 Å². The molecule has 4 nitrogen and oxygen atoms in total. The van der Waals surface area contributed by atoms with Crippen LogP contribution in [0, 0.1) is 0 Å². The zero-order valence-corrected chi connectivity index (χ0v) is 5.13. The number of nitrogens with two attached hydrogens (primary N) is 1. The molecule has 3 N–H and O–H groups in total. The van der Waals surface area contributed by atoms with Crippen LogP contribution in [0.25, 0.3) is 0 Å². The summed E-state index contributed by atoms with van der Waals surface area (Å²) in [5.41, 5.74) is 5.58. The van der Waals surface area contributed by atoms with Crippen LogP contribution in [-0.4, -0.2) is 17.2 Å². The van der Waals surface area contributed by atoms with Crippen molar-refractivity contribution in [1.82, 2.24) is 4.98 Å². The van der Waals surface area contributed by atoms with Crippen molar-refractivity contribution in [2.75, 3.05) is 0 Å². The van der Waals surface area contributed by atoms with Crippen molar-refractivity contribution in [2.45, 2.75) is 0 Å². The van der Waals surface area contributed by atoms with Crippen LogP contribution >= 0.6 is 0 Å². The average Bonchev–Trinajstić information content (AvgIpc) is 2.34. The number of carbonyl (C=O) groups is 2. The van der Waals surface area contributed by atoms with Gasteiger partial charge in [0, 0.05) is 6.20 Å². The molecule has 1 heterocycles. The molecule has 0 atom stereocenters. The van der Waals surface area contributed by atoms with E-state index in [4.69, 9.17) is 5.73 Å². The number of amides is 1. The summed E-state index contributed by atoms with van der Waals surface area (Å²) in [5.74, 6) is -0.538. The lowest BCUT2D eigenvalue weighted by molar-refractivity contribution is 0.100. The maximum absolute atomic E-state index is 10.4. The lowest BCUT2D eigenvalue weighted by Gasteiger charge is -1.80. The fraction of sp³-hybridized carbons (Fsp3) is 0. The first-order valence-corrected chi connectivity index (χ1v) is 2.67. The van der Waals surface area contributed by atoms with E-state index in [2.05, 4.69) is 4.98 Å². The molecule has 0 spiro atoms. The Morgan fingerprint density at radius 3 is 2.70 bits per heavy atom. The summed E-state index contributed by atoms with van der Waals surface area (Å²) in [6, 6.07) is 1.40.